The van der Waals surface area contributed by atoms with Crippen LogP contribution in [0.1, 0.15) is 54.1 Å². The van der Waals surface area contributed by atoms with Crippen LogP contribution in [0.3, 0.4) is 0 Å². The third kappa shape index (κ3) is 19.4. The fourth-order valence-corrected chi connectivity index (χ4v) is 11.4. The number of alkyl halides is 18. The summed E-state index contributed by atoms with van der Waals surface area (Å²) in [6.45, 7) is 0. The molecule has 0 fully saturated rings. The molecule has 0 aliphatic rings. The van der Waals surface area contributed by atoms with Crippen LogP contribution in [0.2, 0.25) is 0 Å². The van der Waals surface area contributed by atoms with Crippen LogP contribution >= 0.6 is 0 Å². The first-order valence-corrected chi connectivity index (χ1v) is 23.9. The molecule has 0 amide bonds. The number of rotatable bonds is 6. The van der Waals surface area contributed by atoms with Gasteiger partial charge in [0, 0.05) is 0 Å². The van der Waals surface area contributed by atoms with Crippen LogP contribution < -0.4 is 14.3 Å². The predicted molar refractivity (Wildman–Crippen MR) is 220 cm³/mol. The van der Waals surface area contributed by atoms with E-state index in [2.05, 4.69) is 121 Å². The zero-order valence-electron chi connectivity index (χ0n) is 34.4. The molecule has 0 saturated heterocycles. The minimum absolute atomic E-state index is 0. The molecule has 70 heavy (non-hydrogen) atoms. The van der Waals surface area contributed by atoms with E-state index < -0.39 is 160 Å². The molecule has 0 unspecified atom stereocenters. The van der Waals surface area contributed by atoms with E-state index in [4.69, 9.17) is 10.2 Å². The summed E-state index contributed by atoms with van der Waals surface area (Å²) in [6.07, 6.45) is -33.8. The van der Waals surface area contributed by atoms with Gasteiger partial charge in [-0.1, -0.05) is 0 Å². The average molecular weight is 1230 g/mol. The number of carbonyl (C=O) groups is 2. The number of hydrogen-bond donors (Lipinski definition) is 2. The van der Waals surface area contributed by atoms with Crippen LogP contribution in [-0.2, 0) is 37.1 Å². The van der Waals surface area contributed by atoms with Crippen LogP contribution in [0.25, 0.3) is 0 Å². The Hall–Kier alpha value is -5.48. The molecule has 6 aromatic carbocycles. The second-order valence-corrected chi connectivity index (χ2v) is 21.2. The van der Waals surface area contributed by atoms with Crippen LogP contribution in [-0.4, -0.2) is 75.4 Å². The maximum atomic E-state index is 12.5. The van der Waals surface area contributed by atoms with E-state index in [0.29, 0.717) is 0 Å². The maximum absolute atomic E-state index is 12.5. The van der Waals surface area contributed by atoms with Gasteiger partial charge in [0.15, 0.2) is 0 Å². The van der Waals surface area contributed by atoms with Gasteiger partial charge >= 0.3 is 227 Å². The molecule has 0 spiro atoms. The van der Waals surface area contributed by atoms with E-state index in [1.807, 2.05) is 0 Å². The molecule has 26 heteroatoms. The summed E-state index contributed by atoms with van der Waals surface area (Å²) >= 11 is -1.03. The molecule has 6 nitrogen and oxygen atoms in total. The number of hydrogen-bond acceptors (Lipinski definition) is 2. The van der Waals surface area contributed by atoms with Crippen molar-refractivity contribution >= 4 is 68.5 Å². The average Bonchev–Trinajstić information content (AvgIpc) is 3.23. The Morgan fingerprint density at radius 2 is 0.486 bits per heavy atom. The first-order valence-electron chi connectivity index (χ1n) is 18.2. The normalized spacial score (nSPS) is 11.7. The Morgan fingerprint density at radius 3 is 0.614 bits per heavy atom. The van der Waals surface area contributed by atoms with Crippen molar-refractivity contribution in [3.63, 3.8) is 0 Å². The summed E-state index contributed by atoms with van der Waals surface area (Å²) in [5.41, 5.74) is -19.1. The number of benzene rings is 6. The van der Waals surface area contributed by atoms with E-state index in [-0.39, 0.29) is 11.0 Å². The fourth-order valence-electron chi connectivity index (χ4n) is 5.39. The van der Waals surface area contributed by atoms with E-state index in [1.165, 1.54) is 14.3 Å². The van der Waals surface area contributed by atoms with Crippen molar-refractivity contribution in [2.45, 2.75) is 37.1 Å². The standard InChI is InChI=1S/2C10H3F9O2.4C6H5.2H2O.2Sn/c2*11-8(12,13)3-1-4(9(14,15)16)6(7(20)21)5(2-3)10(17,18)19;4*1-2-4-6-5-3-1;;;;/h2*1-2H,(H,20,21);4*1-5H;2*1H2;;. The summed E-state index contributed by atoms with van der Waals surface area (Å²) in [4.78, 5) is 21.2. The van der Waals surface area contributed by atoms with E-state index in [0.717, 1.165) is 0 Å². The molecule has 0 aliphatic heterocycles. The summed E-state index contributed by atoms with van der Waals surface area (Å²) in [5.74, 6) is -5.27. The Morgan fingerprint density at radius 1 is 0.314 bits per heavy atom. The number of halogens is 18. The summed E-state index contributed by atoms with van der Waals surface area (Å²) < 4.78 is 231. The van der Waals surface area contributed by atoms with Gasteiger partial charge in [-0.15, -0.1) is 0 Å². The van der Waals surface area contributed by atoms with Crippen molar-refractivity contribution in [1.82, 2.24) is 0 Å². The second kappa shape index (κ2) is 25.6. The van der Waals surface area contributed by atoms with E-state index in [9.17, 15) is 88.6 Å². The van der Waals surface area contributed by atoms with Gasteiger partial charge in [-0.25, -0.2) is 9.59 Å². The van der Waals surface area contributed by atoms with Gasteiger partial charge in [-0.3, -0.25) is 0 Å². The van der Waals surface area contributed by atoms with Crippen LogP contribution in [0.5, 0.6) is 0 Å². The molecule has 0 saturated carbocycles. The van der Waals surface area contributed by atoms with Gasteiger partial charge < -0.3 is 21.2 Å². The van der Waals surface area contributed by atoms with Gasteiger partial charge in [0.25, 0.3) is 0 Å². The number of carboxylic acids is 2. The molecular weight excluding hydrogens is 1200 g/mol. The van der Waals surface area contributed by atoms with Crippen molar-refractivity contribution in [3.05, 3.63) is 190 Å². The zero-order chi connectivity index (χ0) is 51.5. The molecule has 0 atom stereocenters. The summed E-state index contributed by atoms with van der Waals surface area (Å²) in [5, 5.41) is 17.0. The first-order chi connectivity index (χ1) is 31.2. The Labute approximate surface area is 403 Å². The van der Waals surface area contributed by atoms with Gasteiger partial charge in [0.1, 0.15) is 0 Å². The van der Waals surface area contributed by atoms with Crippen molar-refractivity contribution in [2.75, 3.05) is 0 Å². The summed E-state index contributed by atoms with van der Waals surface area (Å²) in [7, 11) is 0. The topological polar surface area (TPSA) is 138 Å². The van der Waals surface area contributed by atoms with Crippen LogP contribution in [0.15, 0.2) is 146 Å². The van der Waals surface area contributed by atoms with Gasteiger partial charge in [0.05, 0.1) is 44.5 Å². The molecule has 0 bridgehead atoms. The zero-order valence-corrected chi connectivity index (χ0v) is 40.1. The second-order valence-electron chi connectivity index (χ2n) is 13.2. The molecule has 0 aliphatic carbocycles. The van der Waals surface area contributed by atoms with Gasteiger partial charge in [0.2, 0.25) is 0 Å². The predicted octanol–water partition coefficient (Wildman–Crippen LogP) is 9.92. The Bertz CT molecular complexity index is 2260. The molecule has 4 radical (unpaired) electrons. The van der Waals surface area contributed by atoms with Crippen LogP contribution in [0, 0.1) is 0 Å². The first kappa shape index (κ1) is 62.5. The summed E-state index contributed by atoms with van der Waals surface area (Å²) in [6, 6.07) is 40.5. The third-order valence-electron chi connectivity index (χ3n) is 8.25. The van der Waals surface area contributed by atoms with Crippen molar-refractivity contribution < 1.29 is 110 Å². The molecule has 6 aromatic rings. The SMILES string of the molecule is O.O.O=C(O)c1c(C(F)(F)F)cc(C(F)(F)F)cc1C(F)(F)F.O=C(O)c1c(C(F)(F)F)cc(C(F)(F)F)cc1C(F)(F)F.c1cc[c]([Sn][c]2ccccc2)cc1.c1cc[c]([Sn][c]2ccccc2)cc1. The monoisotopic (exact) mass is 1240 g/mol. The minimum atomic E-state index is -5.70. The molecule has 0 aromatic heterocycles. The van der Waals surface area contributed by atoms with E-state index >= 15 is 0 Å². The third-order valence-corrected chi connectivity index (χ3v) is 15.4. The molecular formula is C44H30F18O6Sn2. The Kier molecular flexibility index (Phi) is 22.8. The molecule has 6 N–H and O–H groups in total. The van der Waals surface area contributed by atoms with Crippen molar-refractivity contribution in [3.8, 4) is 0 Å². The number of aromatic carboxylic acids is 2. The molecule has 0 heterocycles. The van der Waals surface area contributed by atoms with E-state index in [1.54, 1.807) is 0 Å². The van der Waals surface area contributed by atoms with Gasteiger partial charge in [-0.2, -0.15) is 79.0 Å². The van der Waals surface area contributed by atoms with Gasteiger partial charge in [-0.05, 0) is 24.3 Å². The number of carboxylic acid groups (broad SMARTS) is 2. The molecule has 376 valence electrons. The quantitative estimate of drug-likeness (QED) is 0.127. The van der Waals surface area contributed by atoms with Crippen LogP contribution in [0.4, 0.5) is 79.0 Å². The van der Waals surface area contributed by atoms with Crippen molar-refractivity contribution in [2.24, 2.45) is 0 Å². The molecule has 6 rings (SSSR count). The van der Waals surface area contributed by atoms with Crippen molar-refractivity contribution in [1.29, 1.82) is 0 Å². The fraction of sp³-hybridized carbons (Fsp3) is 0.136. The Balaban J connectivity index is 0.000000472.